The first kappa shape index (κ1) is 12.6. The van der Waals surface area contributed by atoms with E-state index in [4.69, 9.17) is 10.5 Å². The summed E-state index contributed by atoms with van der Waals surface area (Å²) >= 11 is 1.47. The lowest BCUT2D eigenvalue weighted by Gasteiger charge is -2.12. The molecule has 1 aliphatic rings. The largest absolute Gasteiger partial charge is 0.490 e. The molecular weight excluding hydrogens is 256 g/mol. The molecule has 2 N–H and O–H groups in total. The number of benzene rings is 1. The zero-order chi connectivity index (χ0) is 13.1. The van der Waals surface area contributed by atoms with Crippen LogP contribution in [0.25, 0.3) is 11.3 Å². The molecule has 0 atom stereocenters. The SMILES string of the molecule is NCc1cc(-c2ccc(OC3CCCC3)cc2)ns1. The average Bonchev–Trinajstić information content (AvgIpc) is 3.10. The fourth-order valence-electron chi connectivity index (χ4n) is 2.45. The van der Waals surface area contributed by atoms with Gasteiger partial charge in [-0.1, -0.05) is 0 Å². The second kappa shape index (κ2) is 5.72. The van der Waals surface area contributed by atoms with Gasteiger partial charge >= 0.3 is 0 Å². The van der Waals surface area contributed by atoms with Gasteiger partial charge in [0.1, 0.15) is 5.75 Å². The number of hydrogen-bond acceptors (Lipinski definition) is 4. The number of rotatable bonds is 4. The van der Waals surface area contributed by atoms with Crippen molar-refractivity contribution >= 4 is 11.5 Å². The molecule has 0 unspecified atom stereocenters. The minimum absolute atomic E-state index is 0.411. The van der Waals surface area contributed by atoms with Gasteiger partial charge in [-0.3, -0.25) is 0 Å². The van der Waals surface area contributed by atoms with Crippen LogP contribution in [0.3, 0.4) is 0 Å². The first-order chi connectivity index (χ1) is 9.35. The normalized spacial score (nSPS) is 15.8. The molecule has 0 amide bonds. The van der Waals surface area contributed by atoms with Gasteiger partial charge in [-0.15, -0.1) is 0 Å². The van der Waals surface area contributed by atoms with Crippen LogP contribution in [0.5, 0.6) is 5.75 Å². The average molecular weight is 274 g/mol. The van der Waals surface area contributed by atoms with Crippen LogP contribution in [0.1, 0.15) is 30.6 Å². The van der Waals surface area contributed by atoms with Gasteiger partial charge in [-0.2, -0.15) is 4.37 Å². The molecule has 2 aromatic rings. The van der Waals surface area contributed by atoms with Gasteiger partial charge in [-0.05, 0) is 67.5 Å². The fraction of sp³-hybridized carbons (Fsp3) is 0.400. The van der Waals surface area contributed by atoms with Crippen LogP contribution in [0, 0.1) is 0 Å². The predicted octanol–water partition coefficient (Wildman–Crippen LogP) is 3.59. The van der Waals surface area contributed by atoms with Crippen LogP contribution < -0.4 is 10.5 Å². The third-order valence-corrected chi connectivity index (χ3v) is 4.32. The highest BCUT2D eigenvalue weighted by Crippen LogP contribution is 2.27. The monoisotopic (exact) mass is 274 g/mol. The summed E-state index contributed by atoms with van der Waals surface area (Å²) in [6, 6.07) is 10.3. The number of ether oxygens (including phenoxy) is 1. The Morgan fingerprint density at radius 2 is 1.95 bits per heavy atom. The molecule has 1 aromatic heterocycles. The Hall–Kier alpha value is -1.39. The van der Waals surface area contributed by atoms with Crippen molar-refractivity contribution in [3.05, 3.63) is 35.2 Å². The van der Waals surface area contributed by atoms with Crippen LogP contribution in [-0.4, -0.2) is 10.5 Å². The number of aromatic nitrogens is 1. The van der Waals surface area contributed by atoms with Gasteiger partial charge in [0.25, 0.3) is 0 Å². The van der Waals surface area contributed by atoms with Crippen molar-refractivity contribution in [3.8, 4) is 17.0 Å². The van der Waals surface area contributed by atoms with Crippen molar-refractivity contribution in [2.45, 2.75) is 38.3 Å². The molecule has 0 saturated heterocycles. The van der Waals surface area contributed by atoms with E-state index in [1.54, 1.807) is 0 Å². The maximum atomic E-state index is 5.95. The van der Waals surface area contributed by atoms with Crippen LogP contribution in [0.4, 0.5) is 0 Å². The van der Waals surface area contributed by atoms with Gasteiger partial charge in [0.2, 0.25) is 0 Å². The zero-order valence-electron chi connectivity index (χ0n) is 10.8. The van der Waals surface area contributed by atoms with E-state index in [0.717, 1.165) is 21.9 Å². The van der Waals surface area contributed by atoms with Crippen LogP contribution in [0.15, 0.2) is 30.3 Å². The van der Waals surface area contributed by atoms with E-state index in [-0.39, 0.29) is 0 Å². The lowest BCUT2D eigenvalue weighted by atomic mass is 10.1. The second-order valence-corrected chi connectivity index (χ2v) is 5.82. The molecule has 0 radical (unpaired) electrons. The highest BCUT2D eigenvalue weighted by molar-refractivity contribution is 7.06. The summed E-state index contributed by atoms with van der Waals surface area (Å²) in [5.41, 5.74) is 7.73. The van der Waals surface area contributed by atoms with Gasteiger partial charge in [0.15, 0.2) is 0 Å². The maximum Gasteiger partial charge on any atom is 0.119 e. The first-order valence-electron chi connectivity index (χ1n) is 6.78. The molecule has 0 aliphatic heterocycles. The first-order valence-corrected chi connectivity index (χ1v) is 7.55. The quantitative estimate of drug-likeness (QED) is 0.927. The third-order valence-electron chi connectivity index (χ3n) is 3.52. The van der Waals surface area contributed by atoms with Gasteiger partial charge in [0.05, 0.1) is 11.8 Å². The minimum Gasteiger partial charge on any atom is -0.490 e. The van der Waals surface area contributed by atoms with E-state index in [9.17, 15) is 0 Å². The highest BCUT2D eigenvalue weighted by Gasteiger charge is 2.16. The van der Waals surface area contributed by atoms with Gasteiger partial charge in [-0.25, -0.2) is 0 Å². The minimum atomic E-state index is 0.411. The summed E-state index contributed by atoms with van der Waals surface area (Å²) in [6.45, 7) is 0.556. The van der Waals surface area contributed by atoms with Crippen molar-refractivity contribution in [1.82, 2.24) is 4.37 Å². The molecule has 1 aliphatic carbocycles. The van der Waals surface area contributed by atoms with E-state index < -0.39 is 0 Å². The topological polar surface area (TPSA) is 48.1 Å². The van der Waals surface area contributed by atoms with Crippen molar-refractivity contribution in [3.63, 3.8) is 0 Å². The molecule has 100 valence electrons. The molecular formula is C15H18N2OS. The Morgan fingerprint density at radius 3 is 2.58 bits per heavy atom. The zero-order valence-corrected chi connectivity index (χ0v) is 11.7. The molecule has 3 nitrogen and oxygen atoms in total. The summed E-state index contributed by atoms with van der Waals surface area (Å²) in [5, 5.41) is 0. The molecule has 0 spiro atoms. The molecule has 4 heteroatoms. The molecule has 3 rings (SSSR count). The van der Waals surface area contributed by atoms with E-state index >= 15 is 0 Å². The summed E-state index contributed by atoms with van der Waals surface area (Å²) in [5.74, 6) is 0.963. The molecule has 1 fully saturated rings. The van der Waals surface area contributed by atoms with E-state index in [0.29, 0.717) is 12.6 Å². The van der Waals surface area contributed by atoms with Crippen molar-refractivity contribution in [1.29, 1.82) is 0 Å². The Kier molecular flexibility index (Phi) is 3.80. The van der Waals surface area contributed by atoms with Crippen LogP contribution in [-0.2, 0) is 6.54 Å². The molecule has 0 bridgehead atoms. The van der Waals surface area contributed by atoms with Crippen molar-refractivity contribution in [2.24, 2.45) is 5.73 Å². The Balaban J connectivity index is 1.70. The number of nitrogens with two attached hydrogens (primary N) is 1. The van der Waals surface area contributed by atoms with E-state index in [2.05, 4.69) is 22.6 Å². The summed E-state index contributed by atoms with van der Waals surface area (Å²) in [7, 11) is 0. The Morgan fingerprint density at radius 1 is 1.21 bits per heavy atom. The molecule has 19 heavy (non-hydrogen) atoms. The standard InChI is InChI=1S/C15H18N2OS/c16-10-14-9-15(17-19-14)11-5-7-13(8-6-11)18-12-3-1-2-4-12/h5-9,12H,1-4,10,16H2. The molecule has 1 heterocycles. The van der Waals surface area contributed by atoms with Crippen LogP contribution >= 0.6 is 11.5 Å². The predicted molar refractivity (Wildman–Crippen MR) is 78.3 cm³/mol. The van der Waals surface area contributed by atoms with Crippen molar-refractivity contribution in [2.75, 3.05) is 0 Å². The Labute approximate surface area is 117 Å². The van der Waals surface area contributed by atoms with Crippen molar-refractivity contribution < 1.29 is 4.74 Å². The lowest BCUT2D eigenvalue weighted by molar-refractivity contribution is 0.210. The summed E-state index contributed by atoms with van der Waals surface area (Å²) in [4.78, 5) is 1.11. The van der Waals surface area contributed by atoms with Gasteiger partial charge < -0.3 is 10.5 Å². The summed E-state index contributed by atoms with van der Waals surface area (Å²) < 4.78 is 10.4. The fourth-order valence-corrected chi connectivity index (χ4v) is 3.06. The smallest absolute Gasteiger partial charge is 0.119 e. The Bertz CT molecular complexity index is 529. The lowest BCUT2D eigenvalue weighted by Crippen LogP contribution is -2.10. The van der Waals surface area contributed by atoms with E-state index in [1.165, 1.54) is 37.2 Å². The van der Waals surface area contributed by atoms with E-state index in [1.807, 2.05) is 12.1 Å². The molecule has 1 saturated carbocycles. The highest BCUT2D eigenvalue weighted by atomic mass is 32.1. The third kappa shape index (κ3) is 2.96. The summed E-state index contributed by atoms with van der Waals surface area (Å²) in [6.07, 6.45) is 5.38. The van der Waals surface area contributed by atoms with Gasteiger partial charge in [0, 0.05) is 17.0 Å². The number of nitrogens with zero attached hydrogens (tertiary/aromatic N) is 1. The maximum absolute atomic E-state index is 5.95. The molecule has 1 aromatic carbocycles. The van der Waals surface area contributed by atoms with Crippen LogP contribution in [0.2, 0.25) is 0 Å². The number of hydrogen-bond donors (Lipinski definition) is 1. The second-order valence-electron chi connectivity index (χ2n) is 4.93.